The van der Waals surface area contributed by atoms with Crippen LogP contribution in [0.4, 0.5) is 11.4 Å². The van der Waals surface area contributed by atoms with E-state index in [1.165, 1.54) is 0 Å². The molecule has 0 saturated carbocycles. The lowest BCUT2D eigenvalue weighted by molar-refractivity contribution is 0.0987. The molecule has 4 nitrogen and oxygen atoms in total. The van der Waals surface area contributed by atoms with Gasteiger partial charge >= 0.3 is 0 Å². The Balaban J connectivity index is 0.00000192. The second-order valence-corrected chi connectivity index (χ2v) is 5.71. The highest BCUT2D eigenvalue weighted by atomic mass is 35.5. The molecular weight excluding hydrogens is 310 g/mol. The van der Waals surface area contributed by atoms with E-state index in [9.17, 15) is 4.79 Å². The molecule has 1 amide bonds. The van der Waals surface area contributed by atoms with Gasteiger partial charge in [-0.05, 0) is 29.8 Å². The zero-order valence-corrected chi connectivity index (χ0v) is 14.3. The Morgan fingerprint density at radius 1 is 1.13 bits per heavy atom. The molecular formula is C18H22ClN3O. The van der Waals surface area contributed by atoms with E-state index in [0.717, 1.165) is 35.6 Å². The van der Waals surface area contributed by atoms with Crippen LogP contribution in [0.25, 0.3) is 0 Å². The first kappa shape index (κ1) is 17.3. The summed E-state index contributed by atoms with van der Waals surface area (Å²) in [5.41, 5.74) is 3.93. The molecule has 5 heteroatoms. The van der Waals surface area contributed by atoms with Crippen LogP contribution < -0.4 is 15.1 Å². The van der Waals surface area contributed by atoms with Crippen LogP contribution in [-0.4, -0.2) is 33.1 Å². The molecule has 0 fully saturated rings. The number of fused-ring (bicyclic) bond motifs is 1. The first-order chi connectivity index (χ1) is 10.7. The SMILES string of the molecule is CN(C)c1cccc(C(=O)N2CCNCc3ccccc32)c1.Cl. The zero-order valence-electron chi connectivity index (χ0n) is 13.5. The van der Waals surface area contributed by atoms with Crippen molar-refractivity contribution >= 4 is 29.7 Å². The van der Waals surface area contributed by atoms with Crippen molar-refractivity contribution in [3.63, 3.8) is 0 Å². The summed E-state index contributed by atoms with van der Waals surface area (Å²) in [6.45, 7) is 2.29. The molecule has 1 N–H and O–H groups in total. The number of carbonyl (C=O) groups excluding carboxylic acids is 1. The number of amides is 1. The second-order valence-electron chi connectivity index (χ2n) is 5.71. The van der Waals surface area contributed by atoms with E-state index < -0.39 is 0 Å². The van der Waals surface area contributed by atoms with Gasteiger partial charge in [0, 0.05) is 50.7 Å². The van der Waals surface area contributed by atoms with Gasteiger partial charge < -0.3 is 15.1 Å². The Morgan fingerprint density at radius 3 is 2.70 bits per heavy atom. The van der Waals surface area contributed by atoms with Gasteiger partial charge in [0.1, 0.15) is 0 Å². The molecule has 3 rings (SSSR count). The highest BCUT2D eigenvalue weighted by Crippen LogP contribution is 2.25. The van der Waals surface area contributed by atoms with Gasteiger partial charge in [0.25, 0.3) is 5.91 Å². The van der Waals surface area contributed by atoms with Crippen LogP contribution in [0.3, 0.4) is 0 Å². The number of anilines is 2. The number of nitrogens with zero attached hydrogens (tertiary/aromatic N) is 2. The van der Waals surface area contributed by atoms with E-state index >= 15 is 0 Å². The number of rotatable bonds is 2. The minimum absolute atomic E-state index is 0. The lowest BCUT2D eigenvalue weighted by atomic mass is 10.1. The lowest BCUT2D eigenvalue weighted by Crippen LogP contribution is -2.34. The van der Waals surface area contributed by atoms with Crippen molar-refractivity contribution in [2.24, 2.45) is 0 Å². The van der Waals surface area contributed by atoms with E-state index in [1.807, 2.05) is 66.4 Å². The molecule has 2 aromatic carbocycles. The molecule has 2 aromatic rings. The van der Waals surface area contributed by atoms with Crippen molar-refractivity contribution in [3.8, 4) is 0 Å². The maximum absolute atomic E-state index is 13.0. The van der Waals surface area contributed by atoms with Gasteiger partial charge in [-0.15, -0.1) is 12.4 Å². The quantitative estimate of drug-likeness (QED) is 0.919. The van der Waals surface area contributed by atoms with Gasteiger partial charge in [0.05, 0.1) is 0 Å². The van der Waals surface area contributed by atoms with Crippen LogP contribution in [0.15, 0.2) is 48.5 Å². The van der Waals surface area contributed by atoms with Crippen molar-refractivity contribution in [2.75, 3.05) is 37.0 Å². The Labute approximate surface area is 143 Å². The Hall–Kier alpha value is -2.04. The number of carbonyl (C=O) groups is 1. The van der Waals surface area contributed by atoms with Gasteiger partial charge in [0.2, 0.25) is 0 Å². The Morgan fingerprint density at radius 2 is 1.91 bits per heavy atom. The average molecular weight is 332 g/mol. The monoisotopic (exact) mass is 331 g/mol. The molecule has 0 atom stereocenters. The molecule has 0 aromatic heterocycles. The minimum Gasteiger partial charge on any atom is -0.378 e. The van der Waals surface area contributed by atoms with Crippen LogP contribution in [0.2, 0.25) is 0 Å². The van der Waals surface area contributed by atoms with Gasteiger partial charge in [-0.25, -0.2) is 0 Å². The second kappa shape index (κ2) is 7.49. The third-order valence-electron chi connectivity index (χ3n) is 3.96. The molecule has 1 aliphatic heterocycles. The maximum Gasteiger partial charge on any atom is 0.258 e. The first-order valence-corrected chi connectivity index (χ1v) is 7.54. The van der Waals surface area contributed by atoms with Crippen LogP contribution >= 0.6 is 12.4 Å². The fraction of sp³-hybridized carbons (Fsp3) is 0.278. The van der Waals surface area contributed by atoms with E-state index in [0.29, 0.717) is 6.54 Å². The van der Waals surface area contributed by atoms with Crippen molar-refractivity contribution < 1.29 is 4.79 Å². The first-order valence-electron chi connectivity index (χ1n) is 7.54. The number of hydrogen-bond acceptors (Lipinski definition) is 3. The summed E-state index contributed by atoms with van der Waals surface area (Å²) in [5.74, 6) is 0.0554. The zero-order chi connectivity index (χ0) is 15.5. The predicted octanol–water partition coefficient (Wildman–Crippen LogP) is 2.92. The van der Waals surface area contributed by atoms with Crippen LogP contribution in [0, 0.1) is 0 Å². The summed E-state index contributed by atoms with van der Waals surface area (Å²) in [4.78, 5) is 16.9. The van der Waals surface area contributed by atoms with Crippen molar-refractivity contribution in [1.82, 2.24) is 5.32 Å². The number of nitrogens with one attached hydrogen (secondary N) is 1. The van der Waals surface area contributed by atoms with E-state index in [4.69, 9.17) is 0 Å². The number of para-hydroxylation sites is 1. The summed E-state index contributed by atoms with van der Waals surface area (Å²) in [5, 5.41) is 3.37. The van der Waals surface area contributed by atoms with Crippen LogP contribution in [0.1, 0.15) is 15.9 Å². The number of halogens is 1. The third-order valence-corrected chi connectivity index (χ3v) is 3.96. The van der Waals surface area contributed by atoms with Crippen molar-refractivity contribution in [3.05, 3.63) is 59.7 Å². The molecule has 0 unspecified atom stereocenters. The smallest absolute Gasteiger partial charge is 0.258 e. The van der Waals surface area contributed by atoms with E-state index in [1.54, 1.807) is 0 Å². The molecule has 0 aliphatic carbocycles. The molecule has 0 bridgehead atoms. The van der Waals surface area contributed by atoms with Crippen LogP contribution in [0.5, 0.6) is 0 Å². The lowest BCUT2D eigenvalue weighted by Gasteiger charge is -2.23. The average Bonchev–Trinajstić information content (AvgIpc) is 2.76. The number of hydrogen-bond donors (Lipinski definition) is 1. The summed E-state index contributed by atoms with van der Waals surface area (Å²) >= 11 is 0. The van der Waals surface area contributed by atoms with Crippen molar-refractivity contribution in [2.45, 2.75) is 6.54 Å². The standard InChI is InChI=1S/C18H21N3O.ClH/c1-20(2)16-8-5-7-14(12-16)18(22)21-11-10-19-13-15-6-3-4-9-17(15)21;/h3-9,12,19H,10-11,13H2,1-2H3;1H. The summed E-state index contributed by atoms with van der Waals surface area (Å²) in [6, 6.07) is 15.9. The highest BCUT2D eigenvalue weighted by Gasteiger charge is 2.22. The topological polar surface area (TPSA) is 35.6 Å². The third kappa shape index (κ3) is 3.66. The largest absolute Gasteiger partial charge is 0.378 e. The molecule has 0 spiro atoms. The molecule has 0 radical (unpaired) electrons. The van der Waals surface area contributed by atoms with Gasteiger partial charge in [-0.1, -0.05) is 24.3 Å². The fourth-order valence-corrected chi connectivity index (χ4v) is 2.74. The fourth-order valence-electron chi connectivity index (χ4n) is 2.74. The number of benzene rings is 2. The molecule has 1 heterocycles. The maximum atomic E-state index is 13.0. The summed E-state index contributed by atoms with van der Waals surface area (Å²) in [6.07, 6.45) is 0. The summed E-state index contributed by atoms with van der Waals surface area (Å²) in [7, 11) is 3.96. The minimum atomic E-state index is 0. The Kier molecular flexibility index (Phi) is 5.64. The van der Waals surface area contributed by atoms with Gasteiger partial charge in [0.15, 0.2) is 0 Å². The highest BCUT2D eigenvalue weighted by molar-refractivity contribution is 6.07. The molecule has 23 heavy (non-hydrogen) atoms. The molecule has 0 saturated heterocycles. The summed E-state index contributed by atoms with van der Waals surface area (Å²) < 4.78 is 0. The van der Waals surface area contributed by atoms with E-state index in [2.05, 4.69) is 11.4 Å². The van der Waals surface area contributed by atoms with E-state index in [-0.39, 0.29) is 18.3 Å². The predicted molar refractivity (Wildman–Crippen MR) is 97.8 cm³/mol. The normalized spacial score (nSPS) is 13.6. The van der Waals surface area contributed by atoms with Crippen molar-refractivity contribution in [1.29, 1.82) is 0 Å². The molecule has 1 aliphatic rings. The van der Waals surface area contributed by atoms with Gasteiger partial charge in [-0.3, -0.25) is 4.79 Å². The Bertz CT molecular complexity index is 687. The molecule has 122 valence electrons. The van der Waals surface area contributed by atoms with Gasteiger partial charge in [-0.2, -0.15) is 0 Å². The van der Waals surface area contributed by atoms with Crippen LogP contribution in [-0.2, 0) is 6.54 Å².